The molecule has 0 spiro atoms. The minimum Gasteiger partial charge on any atom is -0.491 e. The molecule has 1 atom stereocenters. The van der Waals surface area contributed by atoms with Gasteiger partial charge in [-0.3, -0.25) is 4.79 Å². The van der Waals surface area contributed by atoms with Gasteiger partial charge < -0.3 is 15.4 Å². The molecule has 1 amide bonds. The summed E-state index contributed by atoms with van der Waals surface area (Å²) in [5, 5.41) is 6.15. The van der Waals surface area contributed by atoms with E-state index in [4.69, 9.17) is 4.74 Å². The van der Waals surface area contributed by atoms with Crippen LogP contribution in [-0.4, -0.2) is 24.6 Å². The molecule has 27 heavy (non-hydrogen) atoms. The Morgan fingerprint density at radius 3 is 2.48 bits per heavy atom. The first-order valence-electron chi connectivity index (χ1n) is 9.45. The van der Waals surface area contributed by atoms with Gasteiger partial charge in [0.15, 0.2) is 0 Å². The van der Waals surface area contributed by atoms with Crippen LogP contribution in [0.2, 0.25) is 0 Å². The number of hydrogen-bond donors (Lipinski definition) is 2. The van der Waals surface area contributed by atoms with E-state index >= 15 is 0 Å². The van der Waals surface area contributed by atoms with Crippen LogP contribution in [0.5, 0.6) is 5.75 Å². The van der Waals surface area contributed by atoms with Crippen molar-refractivity contribution in [2.24, 2.45) is 0 Å². The topological polar surface area (TPSA) is 50.4 Å². The zero-order chi connectivity index (χ0) is 19.2. The van der Waals surface area contributed by atoms with Gasteiger partial charge in [0.25, 0.3) is 0 Å². The Morgan fingerprint density at radius 2 is 1.85 bits per heavy atom. The minimum absolute atomic E-state index is 0.0329. The highest BCUT2D eigenvalue weighted by Crippen LogP contribution is 2.20. The van der Waals surface area contributed by atoms with E-state index in [1.165, 1.54) is 0 Å². The Bertz CT molecular complexity index is 854. The Morgan fingerprint density at radius 1 is 1.15 bits per heavy atom. The van der Waals surface area contributed by atoms with Gasteiger partial charge in [-0.1, -0.05) is 11.8 Å². The maximum Gasteiger partial charge on any atom is 0.241 e. The molecule has 4 heteroatoms. The molecule has 1 aliphatic rings. The SMILES string of the molecule is Cc1cc(C#Cc2ccc(NC(=O)[C@H]3CCCN3)cc2)ccc1OC(C)C. The number of anilines is 1. The molecule has 0 bridgehead atoms. The average molecular weight is 362 g/mol. The van der Waals surface area contributed by atoms with Gasteiger partial charge in [0, 0.05) is 16.8 Å². The summed E-state index contributed by atoms with van der Waals surface area (Å²) in [6.07, 6.45) is 2.11. The van der Waals surface area contributed by atoms with Crippen LogP contribution >= 0.6 is 0 Å². The zero-order valence-electron chi connectivity index (χ0n) is 16.1. The van der Waals surface area contributed by atoms with Gasteiger partial charge in [-0.15, -0.1) is 0 Å². The summed E-state index contributed by atoms with van der Waals surface area (Å²) >= 11 is 0. The second kappa shape index (κ2) is 8.75. The van der Waals surface area contributed by atoms with Crippen LogP contribution in [0.3, 0.4) is 0 Å². The molecule has 1 heterocycles. The molecule has 0 radical (unpaired) electrons. The number of aryl methyl sites for hydroxylation is 1. The summed E-state index contributed by atoms with van der Waals surface area (Å²) in [5.41, 5.74) is 3.74. The molecule has 1 saturated heterocycles. The van der Waals surface area contributed by atoms with Crippen LogP contribution in [0, 0.1) is 18.8 Å². The lowest BCUT2D eigenvalue weighted by Gasteiger charge is -2.12. The van der Waals surface area contributed by atoms with E-state index in [2.05, 4.69) is 22.5 Å². The van der Waals surface area contributed by atoms with E-state index in [9.17, 15) is 4.79 Å². The van der Waals surface area contributed by atoms with Crippen LogP contribution in [0.15, 0.2) is 42.5 Å². The van der Waals surface area contributed by atoms with E-state index in [0.29, 0.717) is 0 Å². The van der Waals surface area contributed by atoms with Crippen molar-refractivity contribution in [1.82, 2.24) is 5.32 Å². The molecule has 2 N–H and O–H groups in total. The lowest BCUT2D eigenvalue weighted by Crippen LogP contribution is -2.35. The average Bonchev–Trinajstić information content (AvgIpc) is 3.18. The van der Waals surface area contributed by atoms with Gasteiger partial charge in [0.05, 0.1) is 12.1 Å². The molecule has 0 aromatic heterocycles. The van der Waals surface area contributed by atoms with E-state index in [1.807, 2.05) is 63.2 Å². The Balaban J connectivity index is 1.63. The predicted octanol–water partition coefficient (Wildman–Crippen LogP) is 3.87. The number of benzene rings is 2. The number of rotatable bonds is 4. The van der Waals surface area contributed by atoms with Crippen LogP contribution in [-0.2, 0) is 4.79 Å². The molecule has 2 aromatic rings. The third kappa shape index (κ3) is 5.35. The fourth-order valence-electron chi connectivity index (χ4n) is 3.03. The molecule has 1 fully saturated rings. The zero-order valence-corrected chi connectivity index (χ0v) is 16.1. The lowest BCUT2D eigenvalue weighted by atomic mass is 10.1. The van der Waals surface area contributed by atoms with Crippen molar-refractivity contribution in [3.05, 3.63) is 59.2 Å². The predicted molar refractivity (Wildman–Crippen MR) is 109 cm³/mol. The summed E-state index contributed by atoms with van der Waals surface area (Å²) < 4.78 is 5.76. The minimum atomic E-state index is -0.0737. The first-order chi connectivity index (χ1) is 13.0. The monoisotopic (exact) mass is 362 g/mol. The first kappa shape index (κ1) is 19.0. The van der Waals surface area contributed by atoms with E-state index in [0.717, 1.165) is 47.5 Å². The van der Waals surface area contributed by atoms with Crippen LogP contribution in [0.25, 0.3) is 0 Å². The number of amides is 1. The number of nitrogens with one attached hydrogen (secondary N) is 2. The standard InChI is InChI=1S/C23H26N2O2/c1-16(2)27-22-13-10-19(15-17(22)3)7-6-18-8-11-20(12-9-18)25-23(26)21-5-4-14-24-21/h8-13,15-16,21,24H,4-5,14H2,1-3H3,(H,25,26)/t21-/m1/s1. The molecular formula is C23H26N2O2. The molecule has 1 aliphatic heterocycles. The number of carbonyl (C=O) groups excluding carboxylic acids is 1. The Kier molecular flexibility index (Phi) is 6.16. The second-order valence-corrected chi connectivity index (χ2v) is 7.11. The highest BCUT2D eigenvalue weighted by Gasteiger charge is 2.21. The van der Waals surface area contributed by atoms with Crippen molar-refractivity contribution in [1.29, 1.82) is 0 Å². The van der Waals surface area contributed by atoms with Crippen LogP contribution in [0.1, 0.15) is 43.4 Å². The van der Waals surface area contributed by atoms with Gasteiger partial charge in [0.2, 0.25) is 5.91 Å². The Hall–Kier alpha value is -2.77. The van der Waals surface area contributed by atoms with Crippen molar-refractivity contribution >= 4 is 11.6 Å². The van der Waals surface area contributed by atoms with E-state index in [-0.39, 0.29) is 18.1 Å². The molecular weight excluding hydrogens is 336 g/mol. The van der Waals surface area contributed by atoms with Crippen LogP contribution in [0.4, 0.5) is 5.69 Å². The third-order valence-corrected chi connectivity index (χ3v) is 4.42. The summed E-state index contributed by atoms with van der Waals surface area (Å²) in [4.78, 5) is 12.1. The summed E-state index contributed by atoms with van der Waals surface area (Å²) in [7, 11) is 0. The molecule has 2 aromatic carbocycles. The summed E-state index contributed by atoms with van der Waals surface area (Å²) in [5.74, 6) is 7.28. The summed E-state index contributed by atoms with van der Waals surface area (Å²) in [6.45, 7) is 6.98. The van der Waals surface area contributed by atoms with Gasteiger partial charge in [0.1, 0.15) is 5.75 Å². The quantitative estimate of drug-likeness (QED) is 0.812. The molecule has 0 unspecified atom stereocenters. The maximum atomic E-state index is 12.1. The normalized spacial score (nSPS) is 15.9. The van der Waals surface area contributed by atoms with Gasteiger partial charge in [-0.2, -0.15) is 0 Å². The second-order valence-electron chi connectivity index (χ2n) is 7.11. The summed E-state index contributed by atoms with van der Waals surface area (Å²) in [6, 6.07) is 13.5. The molecule has 0 saturated carbocycles. The van der Waals surface area contributed by atoms with Crippen molar-refractivity contribution < 1.29 is 9.53 Å². The van der Waals surface area contributed by atoms with Crippen molar-refractivity contribution in [2.75, 3.05) is 11.9 Å². The smallest absolute Gasteiger partial charge is 0.241 e. The van der Waals surface area contributed by atoms with E-state index < -0.39 is 0 Å². The number of ether oxygens (including phenoxy) is 1. The van der Waals surface area contributed by atoms with Gasteiger partial charge >= 0.3 is 0 Å². The lowest BCUT2D eigenvalue weighted by molar-refractivity contribution is -0.117. The Labute approximate surface area is 161 Å². The fourth-order valence-corrected chi connectivity index (χ4v) is 3.03. The molecule has 0 aliphatic carbocycles. The third-order valence-electron chi connectivity index (χ3n) is 4.42. The van der Waals surface area contributed by atoms with Gasteiger partial charge in [-0.25, -0.2) is 0 Å². The van der Waals surface area contributed by atoms with Crippen molar-refractivity contribution in [2.45, 2.75) is 45.8 Å². The van der Waals surface area contributed by atoms with E-state index in [1.54, 1.807) is 0 Å². The van der Waals surface area contributed by atoms with Crippen LogP contribution < -0.4 is 15.4 Å². The largest absolute Gasteiger partial charge is 0.491 e. The fraction of sp³-hybridized carbons (Fsp3) is 0.348. The maximum absolute atomic E-state index is 12.1. The molecule has 140 valence electrons. The van der Waals surface area contributed by atoms with Crippen molar-refractivity contribution in [3.8, 4) is 17.6 Å². The highest BCUT2D eigenvalue weighted by atomic mass is 16.5. The number of carbonyl (C=O) groups is 1. The highest BCUT2D eigenvalue weighted by molar-refractivity contribution is 5.95. The number of hydrogen-bond acceptors (Lipinski definition) is 3. The van der Waals surface area contributed by atoms with Crippen molar-refractivity contribution in [3.63, 3.8) is 0 Å². The van der Waals surface area contributed by atoms with Gasteiger partial charge in [-0.05, 0) is 88.2 Å². The molecule has 3 rings (SSSR count). The molecule has 4 nitrogen and oxygen atoms in total. The first-order valence-corrected chi connectivity index (χ1v) is 9.45.